The van der Waals surface area contributed by atoms with E-state index < -0.39 is 12.1 Å². The molecule has 0 N–H and O–H groups in total. The standard InChI is InChI=1S/C50H80O6/c1-4-7-10-13-16-18-20-22-23-24-25-26-27-29-30-32-34-37-40-43-49(52)55-46-47(45-54-48(51)42-39-36-15-12-9-6-3)56-50(53)44-41-38-35-33-31-28-21-19-17-14-11-8-5-2/h7-8,10-11,16-19,22-23,25-26,28,31,35,38,47H,4-6,9,12-15,20-21,24,27,29-30,32-34,36-37,39-46H2,1-3H3/b10-7-,11-8-,18-16-,19-17-,23-22-,26-25-,31-28-,38-35-. The van der Waals surface area contributed by atoms with Crippen molar-refractivity contribution >= 4 is 17.9 Å². The van der Waals surface area contributed by atoms with Crippen molar-refractivity contribution in [3.63, 3.8) is 0 Å². The number of ether oxygens (including phenoxy) is 3. The molecule has 0 radical (unpaired) electrons. The van der Waals surface area contributed by atoms with E-state index in [2.05, 4.69) is 106 Å². The van der Waals surface area contributed by atoms with E-state index in [1.807, 2.05) is 12.2 Å². The zero-order valence-electron chi connectivity index (χ0n) is 35.9. The predicted octanol–water partition coefficient (Wildman–Crippen LogP) is 14.2. The van der Waals surface area contributed by atoms with Gasteiger partial charge < -0.3 is 14.2 Å². The number of rotatable bonds is 38. The third-order valence-corrected chi connectivity index (χ3v) is 8.85. The maximum Gasteiger partial charge on any atom is 0.306 e. The molecule has 0 aromatic heterocycles. The van der Waals surface area contributed by atoms with Crippen LogP contribution in [0.2, 0.25) is 0 Å². The Morgan fingerprint density at radius 2 is 0.732 bits per heavy atom. The quantitative estimate of drug-likeness (QED) is 0.0269. The molecule has 0 aliphatic heterocycles. The molecule has 0 aliphatic carbocycles. The largest absolute Gasteiger partial charge is 0.462 e. The number of hydrogen-bond acceptors (Lipinski definition) is 6. The van der Waals surface area contributed by atoms with Crippen molar-refractivity contribution in [1.29, 1.82) is 0 Å². The fraction of sp³-hybridized carbons (Fsp3) is 0.620. The lowest BCUT2D eigenvalue weighted by Crippen LogP contribution is -2.30. The molecule has 0 aromatic rings. The summed E-state index contributed by atoms with van der Waals surface area (Å²) in [5, 5.41) is 0. The molecule has 56 heavy (non-hydrogen) atoms. The van der Waals surface area contributed by atoms with Crippen LogP contribution in [0.4, 0.5) is 0 Å². The molecule has 0 fully saturated rings. The van der Waals surface area contributed by atoms with E-state index in [9.17, 15) is 14.4 Å². The van der Waals surface area contributed by atoms with Crippen molar-refractivity contribution in [3.8, 4) is 0 Å². The summed E-state index contributed by atoms with van der Waals surface area (Å²) in [6.07, 6.45) is 57.1. The van der Waals surface area contributed by atoms with E-state index >= 15 is 0 Å². The molecule has 316 valence electrons. The predicted molar refractivity (Wildman–Crippen MR) is 237 cm³/mol. The zero-order chi connectivity index (χ0) is 40.8. The Balaban J connectivity index is 4.38. The minimum absolute atomic E-state index is 0.113. The number of carbonyl (C=O) groups excluding carboxylic acids is 3. The van der Waals surface area contributed by atoms with Crippen LogP contribution in [0.25, 0.3) is 0 Å². The van der Waals surface area contributed by atoms with Gasteiger partial charge in [-0.25, -0.2) is 0 Å². The van der Waals surface area contributed by atoms with Gasteiger partial charge in [0, 0.05) is 19.3 Å². The maximum atomic E-state index is 12.6. The lowest BCUT2D eigenvalue weighted by molar-refractivity contribution is -0.166. The molecule has 0 heterocycles. The Bertz CT molecular complexity index is 1170. The van der Waals surface area contributed by atoms with Gasteiger partial charge in [-0.1, -0.05) is 176 Å². The van der Waals surface area contributed by atoms with E-state index in [-0.39, 0.29) is 31.6 Å². The summed E-state index contributed by atoms with van der Waals surface area (Å²) in [7, 11) is 0. The fourth-order valence-electron chi connectivity index (χ4n) is 5.56. The summed E-state index contributed by atoms with van der Waals surface area (Å²) in [6.45, 7) is 6.24. The topological polar surface area (TPSA) is 78.9 Å². The van der Waals surface area contributed by atoms with Gasteiger partial charge >= 0.3 is 17.9 Å². The molecule has 6 heteroatoms. The van der Waals surface area contributed by atoms with Crippen LogP contribution in [0.1, 0.15) is 181 Å². The Morgan fingerprint density at radius 3 is 1.16 bits per heavy atom. The number of esters is 3. The van der Waals surface area contributed by atoms with Gasteiger partial charge in [-0.05, 0) is 83.5 Å². The molecule has 0 rings (SSSR count). The summed E-state index contributed by atoms with van der Waals surface area (Å²) >= 11 is 0. The molecule has 1 atom stereocenters. The van der Waals surface area contributed by atoms with Gasteiger partial charge in [0.05, 0.1) is 0 Å². The van der Waals surface area contributed by atoms with Crippen LogP contribution < -0.4 is 0 Å². The van der Waals surface area contributed by atoms with Crippen LogP contribution in [-0.2, 0) is 28.6 Å². The van der Waals surface area contributed by atoms with Crippen LogP contribution in [0.5, 0.6) is 0 Å². The van der Waals surface area contributed by atoms with Crippen molar-refractivity contribution in [2.45, 2.75) is 187 Å². The molecule has 0 spiro atoms. The molecule has 0 amide bonds. The minimum Gasteiger partial charge on any atom is -0.462 e. The Kier molecular flexibility index (Phi) is 41.2. The highest BCUT2D eigenvalue weighted by atomic mass is 16.6. The van der Waals surface area contributed by atoms with Gasteiger partial charge in [-0.2, -0.15) is 0 Å². The second-order valence-corrected chi connectivity index (χ2v) is 14.2. The molecule has 1 unspecified atom stereocenters. The van der Waals surface area contributed by atoms with E-state index in [4.69, 9.17) is 14.2 Å². The lowest BCUT2D eigenvalue weighted by Gasteiger charge is -2.18. The number of allylic oxidation sites excluding steroid dienone is 16. The third-order valence-electron chi connectivity index (χ3n) is 8.85. The smallest absolute Gasteiger partial charge is 0.306 e. The van der Waals surface area contributed by atoms with Crippen molar-refractivity contribution in [2.24, 2.45) is 0 Å². The van der Waals surface area contributed by atoms with Gasteiger partial charge in [0.25, 0.3) is 0 Å². The number of hydrogen-bond donors (Lipinski definition) is 0. The van der Waals surface area contributed by atoms with Crippen LogP contribution in [-0.4, -0.2) is 37.2 Å². The first kappa shape index (κ1) is 52.3. The number of unbranched alkanes of at least 4 members (excludes halogenated alkanes) is 11. The average molecular weight is 777 g/mol. The van der Waals surface area contributed by atoms with Crippen molar-refractivity contribution in [3.05, 3.63) is 97.2 Å². The van der Waals surface area contributed by atoms with Gasteiger partial charge in [-0.3, -0.25) is 14.4 Å². The molecule has 0 aliphatic rings. The van der Waals surface area contributed by atoms with Crippen LogP contribution in [0.3, 0.4) is 0 Å². The Hall–Kier alpha value is -3.67. The monoisotopic (exact) mass is 777 g/mol. The van der Waals surface area contributed by atoms with E-state index in [0.29, 0.717) is 19.3 Å². The first-order chi connectivity index (χ1) is 27.5. The van der Waals surface area contributed by atoms with Crippen LogP contribution in [0.15, 0.2) is 97.2 Å². The van der Waals surface area contributed by atoms with Crippen molar-refractivity contribution < 1.29 is 28.6 Å². The summed E-state index contributed by atoms with van der Waals surface area (Å²) in [5.41, 5.74) is 0. The zero-order valence-corrected chi connectivity index (χ0v) is 35.9. The molecule has 6 nitrogen and oxygen atoms in total. The van der Waals surface area contributed by atoms with E-state index in [0.717, 1.165) is 103 Å². The average Bonchev–Trinajstić information content (AvgIpc) is 3.19. The van der Waals surface area contributed by atoms with Gasteiger partial charge in [0.1, 0.15) is 13.2 Å². The maximum absolute atomic E-state index is 12.6. The normalized spacial score (nSPS) is 13.0. The van der Waals surface area contributed by atoms with Gasteiger partial charge in [0.2, 0.25) is 0 Å². The highest BCUT2D eigenvalue weighted by Crippen LogP contribution is 2.12. The Labute approximate surface area is 343 Å². The molecular weight excluding hydrogens is 697 g/mol. The van der Waals surface area contributed by atoms with Crippen molar-refractivity contribution in [1.82, 2.24) is 0 Å². The second kappa shape index (κ2) is 44.0. The molecule has 0 saturated heterocycles. The molecular formula is C50H80O6. The number of carbonyl (C=O) groups is 3. The second-order valence-electron chi connectivity index (χ2n) is 14.2. The van der Waals surface area contributed by atoms with Gasteiger partial charge in [-0.15, -0.1) is 0 Å². The summed E-state index contributed by atoms with van der Waals surface area (Å²) in [4.78, 5) is 37.5. The Morgan fingerprint density at radius 1 is 0.375 bits per heavy atom. The molecule has 0 saturated carbocycles. The summed E-state index contributed by atoms with van der Waals surface area (Å²) < 4.78 is 16.5. The molecule has 0 aromatic carbocycles. The summed E-state index contributed by atoms with van der Waals surface area (Å²) in [6, 6.07) is 0. The van der Waals surface area contributed by atoms with Crippen LogP contribution >= 0.6 is 0 Å². The highest BCUT2D eigenvalue weighted by molar-refractivity contribution is 5.71. The highest BCUT2D eigenvalue weighted by Gasteiger charge is 2.19. The summed E-state index contributed by atoms with van der Waals surface area (Å²) in [5.74, 6) is -1.03. The first-order valence-electron chi connectivity index (χ1n) is 22.2. The minimum atomic E-state index is -0.817. The van der Waals surface area contributed by atoms with E-state index in [1.165, 1.54) is 32.1 Å². The van der Waals surface area contributed by atoms with Crippen molar-refractivity contribution in [2.75, 3.05) is 13.2 Å². The lowest BCUT2D eigenvalue weighted by atomic mass is 10.1. The first-order valence-corrected chi connectivity index (χ1v) is 22.2. The molecule has 0 bridgehead atoms. The third kappa shape index (κ3) is 41.5. The van der Waals surface area contributed by atoms with Gasteiger partial charge in [0.15, 0.2) is 6.10 Å². The van der Waals surface area contributed by atoms with Crippen LogP contribution in [0, 0.1) is 0 Å². The van der Waals surface area contributed by atoms with E-state index in [1.54, 1.807) is 0 Å². The SMILES string of the molecule is CC/C=C\C/C=C\C/C=C\C/C=C\CCCCCCCCC(=O)OCC(COC(=O)CCCCCCCC)OC(=O)CC/C=C\C/C=C\C/C=C\C/C=C\CC. The fourth-order valence-corrected chi connectivity index (χ4v) is 5.56.